The van der Waals surface area contributed by atoms with Gasteiger partial charge in [0.15, 0.2) is 5.96 Å². The average molecular weight is 484 g/mol. The van der Waals surface area contributed by atoms with Gasteiger partial charge >= 0.3 is 0 Å². The number of hydrogen-bond acceptors (Lipinski definition) is 3. The molecule has 26 heavy (non-hydrogen) atoms. The van der Waals surface area contributed by atoms with E-state index in [0.717, 1.165) is 32.1 Å². The summed E-state index contributed by atoms with van der Waals surface area (Å²) in [5.74, 6) is 2.05. The summed E-state index contributed by atoms with van der Waals surface area (Å²) in [7, 11) is 1.84. The van der Waals surface area contributed by atoms with Crippen molar-refractivity contribution in [3.05, 3.63) is 52.7 Å². The fourth-order valence-electron chi connectivity index (χ4n) is 3.26. The molecule has 0 saturated carbocycles. The molecule has 1 aromatic carbocycles. The van der Waals surface area contributed by atoms with E-state index < -0.39 is 0 Å². The topological polar surface area (TPSA) is 39.7 Å². The number of guanidine groups is 1. The Hall–Kier alpha value is -1.28. The third-order valence-electron chi connectivity index (χ3n) is 4.88. The Bertz CT molecular complexity index is 660. The van der Waals surface area contributed by atoms with E-state index in [9.17, 15) is 0 Å². The molecular formula is C20H29IN4S. The largest absolute Gasteiger partial charge is 0.371 e. The van der Waals surface area contributed by atoms with Crippen molar-refractivity contribution in [3.8, 4) is 0 Å². The molecule has 3 rings (SSSR count). The molecule has 4 nitrogen and oxygen atoms in total. The van der Waals surface area contributed by atoms with Gasteiger partial charge in [-0.1, -0.05) is 25.1 Å². The predicted octanol–water partition coefficient (Wildman–Crippen LogP) is 4.16. The highest BCUT2D eigenvalue weighted by atomic mass is 127. The van der Waals surface area contributed by atoms with Crippen molar-refractivity contribution in [1.82, 2.24) is 10.6 Å². The first-order valence-corrected chi connectivity index (χ1v) is 9.97. The van der Waals surface area contributed by atoms with E-state index in [4.69, 9.17) is 0 Å². The van der Waals surface area contributed by atoms with Crippen LogP contribution in [0.4, 0.5) is 5.69 Å². The molecule has 0 radical (unpaired) electrons. The van der Waals surface area contributed by atoms with Gasteiger partial charge in [-0.25, -0.2) is 0 Å². The van der Waals surface area contributed by atoms with Crippen molar-refractivity contribution < 1.29 is 0 Å². The number of nitrogens with one attached hydrogen (secondary N) is 2. The van der Waals surface area contributed by atoms with E-state index >= 15 is 0 Å². The van der Waals surface area contributed by atoms with E-state index in [1.54, 1.807) is 11.3 Å². The van der Waals surface area contributed by atoms with Crippen LogP contribution < -0.4 is 15.5 Å². The SMILES string of the molecule is CN=C(NCC1CCN(c2ccccc2)C1)NCC(C)c1ccsc1.I. The fourth-order valence-corrected chi connectivity index (χ4v) is 4.04. The number of aliphatic imine (C=N–C) groups is 1. The Balaban J connectivity index is 0.00000243. The summed E-state index contributed by atoms with van der Waals surface area (Å²) < 4.78 is 0. The minimum atomic E-state index is 0. The number of rotatable bonds is 6. The Morgan fingerprint density at radius 3 is 2.77 bits per heavy atom. The highest BCUT2D eigenvalue weighted by Crippen LogP contribution is 2.23. The molecule has 2 N–H and O–H groups in total. The molecule has 0 bridgehead atoms. The summed E-state index contributed by atoms with van der Waals surface area (Å²) in [4.78, 5) is 6.84. The lowest BCUT2D eigenvalue weighted by Gasteiger charge is -2.20. The van der Waals surface area contributed by atoms with Crippen molar-refractivity contribution in [3.63, 3.8) is 0 Å². The third kappa shape index (κ3) is 5.87. The molecule has 2 unspecified atom stereocenters. The summed E-state index contributed by atoms with van der Waals surface area (Å²) >= 11 is 1.76. The maximum atomic E-state index is 4.36. The second-order valence-corrected chi connectivity index (χ2v) is 7.51. The van der Waals surface area contributed by atoms with Crippen LogP contribution in [0.5, 0.6) is 0 Å². The number of para-hydroxylation sites is 1. The summed E-state index contributed by atoms with van der Waals surface area (Å²) in [6, 6.07) is 12.9. The lowest BCUT2D eigenvalue weighted by molar-refractivity contribution is 0.563. The van der Waals surface area contributed by atoms with Gasteiger partial charge in [0.2, 0.25) is 0 Å². The van der Waals surface area contributed by atoms with Gasteiger partial charge in [0.25, 0.3) is 0 Å². The fraction of sp³-hybridized carbons (Fsp3) is 0.450. The summed E-state index contributed by atoms with van der Waals surface area (Å²) in [5, 5.41) is 11.3. The van der Waals surface area contributed by atoms with E-state index in [0.29, 0.717) is 11.8 Å². The number of thiophene rings is 1. The zero-order chi connectivity index (χ0) is 17.5. The first-order valence-electron chi connectivity index (χ1n) is 9.03. The average Bonchev–Trinajstić information content (AvgIpc) is 3.34. The van der Waals surface area contributed by atoms with E-state index in [-0.39, 0.29) is 24.0 Å². The monoisotopic (exact) mass is 484 g/mol. The summed E-state index contributed by atoms with van der Waals surface area (Å²) in [6.45, 7) is 6.36. The first-order chi connectivity index (χ1) is 12.3. The molecule has 2 atom stereocenters. The molecule has 2 aromatic rings. The van der Waals surface area contributed by atoms with Crippen LogP contribution in [0.2, 0.25) is 0 Å². The van der Waals surface area contributed by atoms with Crippen LogP contribution in [-0.2, 0) is 0 Å². The van der Waals surface area contributed by atoms with Gasteiger partial charge in [-0.3, -0.25) is 4.99 Å². The van der Waals surface area contributed by atoms with Crippen LogP contribution in [0.25, 0.3) is 0 Å². The molecule has 1 aromatic heterocycles. The molecule has 6 heteroatoms. The molecule has 1 aliphatic heterocycles. The Kier molecular flexibility index (Phi) is 8.71. The molecule has 142 valence electrons. The zero-order valence-corrected chi connectivity index (χ0v) is 18.7. The number of anilines is 1. The van der Waals surface area contributed by atoms with Crippen LogP contribution in [0.15, 0.2) is 52.2 Å². The van der Waals surface area contributed by atoms with Gasteiger partial charge < -0.3 is 15.5 Å². The van der Waals surface area contributed by atoms with Crippen LogP contribution in [0, 0.1) is 5.92 Å². The first kappa shape index (κ1) is 21.0. The second-order valence-electron chi connectivity index (χ2n) is 6.73. The number of hydrogen-bond donors (Lipinski definition) is 2. The molecular weight excluding hydrogens is 455 g/mol. The Morgan fingerprint density at radius 2 is 2.08 bits per heavy atom. The summed E-state index contributed by atoms with van der Waals surface area (Å²) in [5.41, 5.74) is 2.72. The van der Waals surface area contributed by atoms with Crippen molar-refractivity contribution >= 4 is 47.0 Å². The van der Waals surface area contributed by atoms with Gasteiger partial charge in [-0.05, 0) is 52.8 Å². The maximum Gasteiger partial charge on any atom is 0.191 e. The van der Waals surface area contributed by atoms with Crippen LogP contribution in [0.3, 0.4) is 0 Å². The Labute approximate surface area is 178 Å². The zero-order valence-electron chi connectivity index (χ0n) is 15.5. The summed E-state index contributed by atoms with van der Waals surface area (Å²) in [6.07, 6.45) is 1.23. The lowest BCUT2D eigenvalue weighted by atomic mass is 10.1. The molecule has 0 spiro atoms. The lowest BCUT2D eigenvalue weighted by Crippen LogP contribution is -2.41. The Morgan fingerprint density at radius 1 is 1.27 bits per heavy atom. The highest BCUT2D eigenvalue weighted by Gasteiger charge is 2.22. The minimum absolute atomic E-state index is 0. The van der Waals surface area contributed by atoms with E-state index in [1.165, 1.54) is 17.7 Å². The van der Waals surface area contributed by atoms with Crippen molar-refractivity contribution in [1.29, 1.82) is 0 Å². The molecule has 1 aliphatic rings. The van der Waals surface area contributed by atoms with Crippen molar-refractivity contribution in [2.45, 2.75) is 19.3 Å². The smallest absolute Gasteiger partial charge is 0.191 e. The standard InChI is InChI=1S/C20H28N4S.HI/c1-16(18-9-11-25-15-18)12-22-20(21-2)23-13-17-8-10-24(14-17)19-6-4-3-5-7-19;/h3-7,9,11,15-17H,8,10,12-14H2,1-2H3,(H2,21,22,23);1H. The van der Waals surface area contributed by atoms with Crippen LogP contribution in [0.1, 0.15) is 24.8 Å². The van der Waals surface area contributed by atoms with Gasteiger partial charge in [0, 0.05) is 38.9 Å². The number of nitrogens with zero attached hydrogens (tertiary/aromatic N) is 2. The molecule has 0 aliphatic carbocycles. The quantitative estimate of drug-likeness (QED) is 0.368. The molecule has 1 fully saturated rings. The van der Waals surface area contributed by atoms with E-state index in [2.05, 4.69) is 74.6 Å². The van der Waals surface area contributed by atoms with Gasteiger partial charge in [-0.2, -0.15) is 11.3 Å². The van der Waals surface area contributed by atoms with Gasteiger partial charge in [0.1, 0.15) is 0 Å². The number of benzene rings is 1. The van der Waals surface area contributed by atoms with Crippen LogP contribution in [-0.4, -0.2) is 39.2 Å². The highest BCUT2D eigenvalue weighted by molar-refractivity contribution is 14.0. The van der Waals surface area contributed by atoms with Gasteiger partial charge in [0.05, 0.1) is 0 Å². The van der Waals surface area contributed by atoms with Crippen molar-refractivity contribution in [2.75, 3.05) is 38.1 Å². The second kappa shape index (κ2) is 10.8. The normalized spacial score (nSPS) is 18.3. The number of halogens is 1. The molecule has 1 saturated heterocycles. The van der Waals surface area contributed by atoms with Crippen molar-refractivity contribution in [2.24, 2.45) is 10.9 Å². The third-order valence-corrected chi connectivity index (χ3v) is 5.58. The molecule has 0 amide bonds. The van der Waals surface area contributed by atoms with Gasteiger partial charge in [-0.15, -0.1) is 24.0 Å². The van der Waals surface area contributed by atoms with Crippen LogP contribution >= 0.6 is 35.3 Å². The maximum absolute atomic E-state index is 4.36. The van der Waals surface area contributed by atoms with E-state index in [1.807, 2.05) is 7.05 Å². The predicted molar refractivity (Wildman–Crippen MR) is 124 cm³/mol. The minimum Gasteiger partial charge on any atom is -0.371 e. The molecule has 2 heterocycles.